The van der Waals surface area contributed by atoms with Crippen LogP contribution in [-0.4, -0.2) is 21.9 Å². The molecule has 0 amide bonds. The number of hydrogen-bond acceptors (Lipinski definition) is 2. The van der Waals surface area contributed by atoms with Crippen LogP contribution in [0.25, 0.3) is 0 Å². The topological polar surface area (TPSA) is 40.5 Å². The first-order chi connectivity index (χ1) is 8.78. The molecule has 2 atom stereocenters. The van der Waals surface area contributed by atoms with Gasteiger partial charge < -0.3 is 10.2 Å². The normalized spacial score (nSPS) is 27.5. The summed E-state index contributed by atoms with van der Waals surface area (Å²) in [5, 5.41) is 19.6. The highest BCUT2D eigenvalue weighted by Crippen LogP contribution is 2.31. The van der Waals surface area contributed by atoms with E-state index in [2.05, 4.69) is 0 Å². The molecule has 0 aromatic heterocycles. The monoisotopic (exact) mass is 272 g/mol. The van der Waals surface area contributed by atoms with Gasteiger partial charge in [-0.3, -0.25) is 0 Å². The molecule has 19 heavy (non-hydrogen) atoms. The van der Waals surface area contributed by atoms with Gasteiger partial charge in [0.15, 0.2) is 0 Å². The van der Waals surface area contributed by atoms with Gasteiger partial charge in [0.05, 0.1) is 17.3 Å². The largest absolute Gasteiger partial charge is 0.416 e. The van der Waals surface area contributed by atoms with E-state index in [9.17, 15) is 23.4 Å². The van der Waals surface area contributed by atoms with Crippen molar-refractivity contribution in [2.24, 2.45) is 0 Å². The highest BCUT2D eigenvalue weighted by molar-refractivity contribution is 5.28. The van der Waals surface area contributed by atoms with E-state index in [0.717, 1.165) is 12.1 Å². The van der Waals surface area contributed by atoms with Crippen molar-refractivity contribution in [1.82, 2.24) is 0 Å². The van der Waals surface area contributed by atoms with E-state index in [1.54, 1.807) is 6.07 Å². The van der Waals surface area contributed by atoms with Crippen molar-refractivity contribution < 1.29 is 23.4 Å². The van der Waals surface area contributed by atoms with Gasteiger partial charge in [-0.25, -0.2) is 0 Å². The van der Waals surface area contributed by atoms with Gasteiger partial charge in [-0.1, -0.05) is 30.4 Å². The molecular weight excluding hydrogens is 257 g/mol. The minimum absolute atomic E-state index is 0.111. The molecule has 2 unspecified atom stereocenters. The zero-order valence-electron chi connectivity index (χ0n) is 10.2. The lowest BCUT2D eigenvalue weighted by atomic mass is 9.84. The molecule has 1 aliphatic rings. The lowest BCUT2D eigenvalue weighted by Gasteiger charge is -2.29. The first kappa shape index (κ1) is 14.1. The maximum atomic E-state index is 12.6. The lowest BCUT2D eigenvalue weighted by Crippen LogP contribution is -2.33. The molecule has 104 valence electrons. The zero-order chi connectivity index (χ0) is 14.1. The first-order valence-electron chi connectivity index (χ1n) is 6.04. The van der Waals surface area contributed by atoms with Crippen LogP contribution in [0.15, 0.2) is 36.4 Å². The molecule has 0 spiro atoms. The van der Waals surface area contributed by atoms with Crippen LogP contribution < -0.4 is 0 Å². The average Bonchev–Trinajstić information content (AvgIpc) is 2.33. The van der Waals surface area contributed by atoms with E-state index >= 15 is 0 Å². The Morgan fingerprint density at radius 3 is 2.63 bits per heavy atom. The van der Waals surface area contributed by atoms with Crippen LogP contribution in [0.1, 0.15) is 24.0 Å². The van der Waals surface area contributed by atoms with Gasteiger partial charge in [-0.2, -0.15) is 13.2 Å². The molecule has 0 saturated carbocycles. The third kappa shape index (κ3) is 3.58. The molecule has 2 nitrogen and oxygen atoms in total. The Balaban J connectivity index is 2.18. The van der Waals surface area contributed by atoms with Gasteiger partial charge in [0.1, 0.15) is 0 Å². The third-order valence-electron chi connectivity index (χ3n) is 3.27. The van der Waals surface area contributed by atoms with Crippen LogP contribution in [0.5, 0.6) is 0 Å². The van der Waals surface area contributed by atoms with E-state index in [1.165, 1.54) is 18.2 Å². The van der Waals surface area contributed by atoms with Crippen LogP contribution in [0, 0.1) is 0 Å². The number of halogens is 3. The summed E-state index contributed by atoms with van der Waals surface area (Å²) in [5.74, 6) is 0. The molecule has 0 bridgehead atoms. The molecule has 0 saturated heterocycles. The number of alkyl halides is 3. The molecule has 0 heterocycles. The van der Waals surface area contributed by atoms with Crippen molar-refractivity contribution in [1.29, 1.82) is 0 Å². The van der Waals surface area contributed by atoms with E-state index in [-0.39, 0.29) is 6.42 Å². The summed E-state index contributed by atoms with van der Waals surface area (Å²) in [5.41, 5.74) is -1.46. The predicted molar refractivity (Wildman–Crippen MR) is 64.5 cm³/mol. The number of benzene rings is 1. The standard InChI is InChI=1S/C14H15F3O2/c15-14(16,17)11-3-1-2-10(8-11)9-13(19)6-4-12(18)5-7-13/h1-4,6,8,12,18-19H,5,7,9H2. The molecule has 5 heteroatoms. The second kappa shape index (κ2) is 4.98. The summed E-state index contributed by atoms with van der Waals surface area (Å²) in [7, 11) is 0. The van der Waals surface area contributed by atoms with Crippen LogP contribution in [0.2, 0.25) is 0 Å². The minimum Gasteiger partial charge on any atom is -0.389 e. The molecule has 2 rings (SSSR count). The van der Waals surface area contributed by atoms with Crippen molar-refractivity contribution >= 4 is 0 Å². The Morgan fingerprint density at radius 1 is 1.32 bits per heavy atom. The molecule has 0 aliphatic heterocycles. The number of aliphatic hydroxyl groups is 2. The zero-order valence-corrected chi connectivity index (χ0v) is 10.2. The number of aliphatic hydroxyl groups excluding tert-OH is 1. The maximum absolute atomic E-state index is 12.6. The maximum Gasteiger partial charge on any atom is 0.416 e. The summed E-state index contributed by atoms with van der Waals surface area (Å²) in [4.78, 5) is 0. The van der Waals surface area contributed by atoms with Gasteiger partial charge in [0.2, 0.25) is 0 Å². The molecule has 2 N–H and O–H groups in total. The fraction of sp³-hybridized carbons (Fsp3) is 0.429. The SMILES string of the molecule is OC1C=CC(O)(Cc2cccc(C(F)(F)F)c2)CC1. The number of rotatable bonds is 2. The minimum atomic E-state index is -4.38. The molecule has 0 radical (unpaired) electrons. The first-order valence-corrected chi connectivity index (χ1v) is 6.04. The molecule has 1 aromatic carbocycles. The Labute approximate surface area is 109 Å². The van der Waals surface area contributed by atoms with Gasteiger partial charge in [0, 0.05) is 6.42 Å². The van der Waals surface area contributed by atoms with Crippen molar-refractivity contribution in [2.75, 3.05) is 0 Å². The van der Waals surface area contributed by atoms with Gasteiger partial charge in [-0.15, -0.1) is 0 Å². The quantitative estimate of drug-likeness (QED) is 0.813. The lowest BCUT2D eigenvalue weighted by molar-refractivity contribution is -0.137. The Kier molecular flexibility index (Phi) is 3.69. The summed E-state index contributed by atoms with van der Waals surface area (Å²) >= 11 is 0. The van der Waals surface area contributed by atoms with E-state index in [4.69, 9.17) is 0 Å². The number of hydrogen-bond donors (Lipinski definition) is 2. The highest BCUT2D eigenvalue weighted by atomic mass is 19.4. The van der Waals surface area contributed by atoms with Gasteiger partial charge in [0.25, 0.3) is 0 Å². The Bertz CT molecular complexity index is 482. The van der Waals surface area contributed by atoms with Crippen LogP contribution in [-0.2, 0) is 12.6 Å². The van der Waals surface area contributed by atoms with E-state index in [0.29, 0.717) is 18.4 Å². The van der Waals surface area contributed by atoms with Crippen LogP contribution in [0.3, 0.4) is 0 Å². The predicted octanol–water partition coefficient (Wildman–Crippen LogP) is 2.69. The Hall–Kier alpha value is -1.33. The highest BCUT2D eigenvalue weighted by Gasteiger charge is 2.32. The third-order valence-corrected chi connectivity index (χ3v) is 3.27. The average molecular weight is 272 g/mol. The van der Waals surface area contributed by atoms with E-state index in [1.807, 2.05) is 0 Å². The summed E-state index contributed by atoms with van der Waals surface area (Å²) in [6, 6.07) is 4.96. The van der Waals surface area contributed by atoms with Gasteiger partial charge in [-0.05, 0) is 24.5 Å². The summed E-state index contributed by atoms with van der Waals surface area (Å²) in [6.07, 6.45) is -1.15. The fourth-order valence-electron chi connectivity index (χ4n) is 2.23. The van der Waals surface area contributed by atoms with Crippen LogP contribution in [0.4, 0.5) is 13.2 Å². The Morgan fingerprint density at radius 2 is 2.05 bits per heavy atom. The molecule has 1 aromatic rings. The van der Waals surface area contributed by atoms with Crippen molar-refractivity contribution in [2.45, 2.75) is 37.1 Å². The smallest absolute Gasteiger partial charge is 0.389 e. The van der Waals surface area contributed by atoms with Crippen LogP contribution >= 0.6 is 0 Å². The van der Waals surface area contributed by atoms with Crippen molar-refractivity contribution in [3.8, 4) is 0 Å². The van der Waals surface area contributed by atoms with Crippen molar-refractivity contribution in [3.63, 3.8) is 0 Å². The van der Waals surface area contributed by atoms with E-state index < -0.39 is 23.4 Å². The second-order valence-corrected chi connectivity index (χ2v) is 4.94. The summed E-state index contributed by atoms with van der Waals surface area (Å²) in [6.45, 7) is 0. The fourth-order valence-corrected chi connectivity index (χ4v) is 2.23. The molecule has 0 fully saturated rings. The van der Waals surface area contributed by atoms with Gasteiger partial charge >= 0.3 is 6.18 Å². The molecule has 1 aliphatic carbocycles. The molecular formula is C14H15F3O2. The second-order valence-electron chi connectivity index (χ2n) is 4.94. The van der Waals surface area contributed by atoms with Crippen molar-refractivity contribution in [3.05, 3.63) is 47.5 Å². The summed E-state index contributed by atoms with van der Waals surface area (Å²) < 4.78 is 37.8.